The van der Waals surface area contributed by atoms with E-state index in [0.717, 1.165) is 12.1 Å². The Balaban J connectivity index is 1.95. The molecule has 2 heterocycles. The Morgan fingerprint density at radius 2 is 2.16 bits per heavy atom. The molecule has 6 heteroatoms. The summed E-state index contributed by atoms with van der Waals surface area (Å²) in [5.74, 6) is 1.13. The van der Waals surface area contributed by atoms with Crippen molar-refractivity contribution in [2.75, 3.05) is 11.9 Å². The standard InChI is InChI=1S/C13H17N5O/c1-3-19-12-4-5-16-13(18-12)17-10(2)8-11-9-14-6-7-15-11/h4-7,9-10H,3,8H2,1-2H3,(H,16,17,18)/t10-/m0/s1. The second-order valence-electron chi connectivity index (χ2n) is 4.10. The third kappa shape index (κ3) is 4.17. The summed E-state index contributed by atoms with van der Waals surface area (Å²) in [6, 6.07) is 1.90. The zero-order valence-electron chi connectivity index (χ0n) is 11.1. The molecule has 2 aromatic rings. The second-order valence-corrected chi connectivity index (χ2v) is 4.10. The van der Waals surface area contributed by atoms with Gasteiger partial charge in [0.25, 0.3) is 0 Å². The summed E-state index contributed by atoms with van der Waals surface area (Å²) in [6.07, 6.45) is 7.55. The lowest BCUT2D eigenvalue weighted by Crippen LogP contribution is -2.20. The van der Waals surface area contributed by atoms with E-state index in [-0.39, 0.29) is 6.04 Å². The molecule has 0 bridgehead atoms. The molecule has 0 aliphatic carbocycles. The van der Waals surface area contributed by atoms with Gasteiger partial charge in [-0.2, -0.15) is 4.98 Å². The molecule has 6 nitrogen and oxygen atoms in total. The molecule has 19 heavy (non-hydrogen) atoms. The van der Waals surface area contributed by atoms with Crippen LogP contribution >= 0.6 is 0 Å². The van der Waals surface area contributed by atoms with Crippen LogP contribution < -0.4 is 10.1 Å². The van der Waals surface area contributed by atoms with Crippen LogP contribution in [0.25, 0.3) is 0 Å². The Bertz CT molecular complexity index is 505. The minimum absolute atomic E-state index is 0.161. The molecule has 1 atom stereocenters. The first-order chi connectivity index (χ1) is 9.28. The molecule has 2 aromatic heterocycles. The highest BCUT2D eigenvalue weighted by molar-refractivity contribution is 5.29. The lowest BCUT2D eigenvalue weighted by Gasteiger charge is -2.13. The van der Waals surface area contributed by atoms with Gasteiger partial charge in [-0.3, -0.25) is 9.97 Å². The Hall–Kier alpha value is -2.24. The van der Waals surface area contributed by atoms with E-state index in [1.807, 2.05) is 13.8 Å². The number of ether oxygens (including phenoxy) is 1. The van der Waals surface area contributed by atoms with Crippen LogP contribution in [-0.4, -0.2) is 32.6 Å². The Morgan fingerprint density at radius 3 is 2.89 bits per heavy atom. The van der Waals surface area contributed by atoms with E-state index >= 15 is 0 Å². The van der Waals surface area contributed by atoms with Crippen LogP contribution in [0.5, 0.6) is 5.88 Å². The summed E-state index contributed by atoms with van der Waals surface area (Å²) in [6.45, 7) is 4.56. The molecule has 0 saturated carbocycles. The fourth-order valence-corrected chi connectivity index (χ4v) is 1.66. The van der Waals surface area contributed by atoms with Crippen molar-refractivity contribution >= 4 is 5.95 Å². The molecular weight excluding hydrogens is 242 g/mol. The number of hydrogen-bond donors (Lipinski definition) is 1. The molecule has 0 unspecified atom stereocenters. The van der Waals surface area contributed by atoms with Gasteiger partial charge in [0.05, 0.1) is 12.3 Å². The second kappa shape index (κ2) is 6.63. The van der Waals surface area contributed by atoms with Crippen molar-refractivity contribution in [3.05, 3.63) is 36.5 Å². The van der Waals surface area contributed by atoms with E-state index in [2.05, 4.69) is 25.3 Å². The maximum absolute atomic E-state index is 5.33. The van der Waals surface area contributed by atoms with Crippen LogP contribution in [0.3, 0.4) is 0 Å². The number of aromatic nitrogens is 4. The number of rotatable bonds is 6. The topological polar surface area (TPSA) is 72.8 Å². The first-order valence-electron chi connectivity index (χ1n) is 6.25. The van der Waals surface area contributed by atoms with Gasteiger partial charge in [0.1, 0.15) is 0 Å². The first-order valence-corrected chi connectivity index (χ1v) is 6.25. The molecule has 0 fully saturated rings. The highest BCUT2D eigenvalue weighted by Crippen LogP contribution is 2.10. The highest BCUT2D eigenvalue weighted by atomic mass is 16.5. The minimum Gasteiger partial charge on any atom is -0.478 e. The predicted octanol–water partition coefficient (Wildman–Crippen LogP) is 1.71. The van der Waals surface area contributed by atoms with Gasteiger partial charge in [0, 0.05) is 43.3 Å². The van der Waals surface area contributed by atoms with Gasteiger partial charge >= 0.3 is 0 Å². The van der Waals surface area contributed by atoms with Crippen molar-refractivity contribution in [1.82, 2.24) is 19.9 Å². The summed E-state index contributed by atoms with van der Waals surface area (Å²) >= 11 is 0. The number of hydrogen-bond acceptors (Lipinski definition) is 6. The van der Waals surface area contributed by atoms with Gasteiger partial charge in [0.15, 0.2) is 0 Å². The van der Waals surface area contributed by atoms with Crippen LogP contribution in [0.15, 0.2) is 30.9 Å². The van der Waals surface area contributed by atoms with E-state index in [4.69, 9.17) is 4.74 Å². The third-order valence-corrected chi connectivity index (χ3v) is 2.43. The van der Waals surface area contributed by atoms with Gasteiger partial charge in [-0.15, -0.1) is 0 Å². The number of nitrogens with zero attached hydrogens (tertiary/aromatic N) is 4. The molecule has 2 rings (SSSR count). The van der Waals surface area contributed by atoms with Gasteiger partial charge in [0.2, 0.25) is 11.8 Å². The Morgan fingerprint density at radius 1 is 1.26 bits per heavy atom. The molecule has 0 amide bonds. The quantitative estimate of drug-likeness (QED) is 0.851. The molecule has 0 spiro atoms. The van der Waals surface area contributed by atoms with Crippen molar-refractivity contribution in [1.29, 1.82) is 0 Å². The molecule has 0 aliphatic heterocycles. The van der Waals surface area contributed by atoms with Gasteiger partial charge in [-0.05, 0) is 13.8 Å². The maximum atomic E-state index is 5.33. The summed E-state index contributed by atoms with van der Waals surface area (Å²) < 4.78 is 5.33. The summed E-state index contributed by atoms with van der Waals surface area (Å²) in [5, 5.41) is 3.22. The van der Waals surface area contributed by atoms with Gasteiger partial charge in [-0.25, -0.2) is 4.98 Å². The van der Waals surface area contributed by atoms with Crippen molar-refractivity contribution in [3.8, 4) is 5.88 Å². The SMILES string of the molecule is CCOc1ccnc(N[C@@H](C)Cc2cnccn2)n1. The molecule has 100 valence electrons. The zero-order valence-corrected chi connectivity index (χ0v) is 11.1. The van der Waals surface area contributed by atoms with Crippen molar-refractivity contribution in [2.45, 2.75) is 26.3 Å². The lowest BCUT2D eigenvalue weighted by atomic mass is 10.2. The number of anilines is 1. The van der Waals surface area contributed by atoms with E-state index in [9.17, 15) is 0 Å². The maximum Gasteiger partial charge on any atom is 0.226 e. The van der Waals surface area contributed by atoms with Gasteiger partial charge in [-0.1, -0.05) is 0 Å². The fourth-order valence-electron chi connectivity index (χ4n) is 1.66. The average Bonchev–Trinajstić information content (AvgIpc) is 2.40. The normalized spacial score (nSPS) is 11.9. The van der Waals surface area contributed by atoms with E-state index in [0.29, 0.717) is 18.4 Å². The van der Waals surface area contributed by atoms with E-state index < -0.39 is 0 Å². The lowest BCUT2D eigenvalue weighted by molar-refractivity contribution is 0.326. The largest absolute Gasteiger partial charge is 0.478 e. The predicted molar refractivity (Wildman–Crippen MR) is 72.0 cm³/mol. The van der Waals surface area contributed by atoms with Crippen LogP contribution in [0, 0.1) is 0 Å². The van der Waals surface area contributed by atoms with Gasteiger partial charge < -0.3 is 10.1 Å². The van der Waals surface area contributed by atoms with Crippen LogP contribution in [0.2, 0.25) is 0 Å². The Labute approximate surface area is 112 Å². The van der Waals surface area contributed by atoms with Crippen molar-refractivity contribution < 1.29 is 4.74 Å². The summed E-state index contributed by atoms with van der Waals surface area (Å²) in [4.78, 5) is 16.7. The first kappa shape index (κ1) is 13.2. The van der Waals surface area contributed by atoms with Crippen LogP contribution in [-0.2, 0) is 6.42 Å². The monoisotopic (exact) mass is 259 g/mol. The average molecular weight is 259 g/mol. The molecular formula is C13H17N5O. The van der Waals surface area contributed by atoms with Crippen molar-refractivity contribution in [2.24, 2.45) is 0 Å². The zero-order chi connectivity index (χ0) is 13.5. The molecule has 0 aliphatic rings. The summed E-state index contributed by atoms with van der Waals surface area (Å²) in [7, 11) is 0. The molecule has 1 N–H and O–H groups in total. The Kier molecular flexibility index (Phi) is 4.60. The molecule has 0 radical (unpaired) electrons. The van der Waals surface area contributed by atoms with Crippen LogP contribution in [0.4, 0.5) is 5.95 Å². The van der Waals surface area contributed by atoms with E-state index in [1.54, 1.807) is 30.9 Å². The highest BCUT2D eigenvalue weighted by Gasteiger charge is 2.07. The smallest absolute Gasteiger partial charge is 0.226 e. The summed E-state index contributed by atoms with van der Waals surface area (Å²) in [5.41, 5.74) is 0.934. The van der Waals surface area contributed by atoms with Crippen LogP contribution in [0.1, 0.15) is 19.5 Å². The third-order valence-electron chi connectivity index (χ3n) is 2.43. The molecule has 0 aromatic carbocycles. The van der Waals surface area contributed by atoms with E-state index in [1.165, 1.54) is 0 Å². The van der Waals surface area contributed by atoms with Crippen molar-refractivity contribution in [3.63, 3.8) is 0 Å². The fraction of sp³-hybridized carbons (Fsp3) is 0.385. The minimum atomic E-state index is 0.161. The number of nitrogens with one attached hydrogen (secondary N) is 1. The molecule has 0 saturated heterocycles.